The summed E-state index contributed by atoms with van der Waals surface area (Å²) in [6, 6.07) is 9.30. The van der Waals surface area contributed by atoms with Gasteiger partial charge >= 0.3 is 0 Å². The van der Waals surface area contributed by atoms with Crippen molar-refractivity contribution in [3.63, 3.8) is 0 Å². The summed E-state index contributed by atoms with van der Waals surface area (Å²) in [4.78, 5) is 21.8. The lowest BCUT2D eigenvalue weighted by Crippen LogP contribution is -2.38. The first kappa shape index (κ1) is 24.8. The average Bonchev–Trinajstić information content (AvgIpc) is 3.24. The molecule has 0 saturated carbocycles. The van der Waals surface area contributed by atoms with Gasteiger partial charge in [-0.15, -0.1) is 0 Å². The van der Waals surface area contributed by atoms with Crippen LogP contribution in [0.3, 0.4) is 0 Å². The lowest BCUT2D eigenvalue weighted by atomic mass is 10.3. The van der Waals surface area contributed by atoms with Crippen LogP contribution in [0, 0.1) is 0 Å². The van der Waals surface area contributed by atoms with Gasteiger partial charge in [0.2, 0.25) is 0 Å². The zero-order valence-corrected chi connectivity index (χ0v) is 20.2. The summed E-state index contributed by atoms with van der Waals surface area (Å²) in [6.07, 6.45) is 2.20. The van der Waals surface area contributed by atoms with Gasteiger partial charge in [-0.05, 0) is 32.4 Å². The molecule has 3 rings (SSSR count). The fourth-order valence-electron chi connectivity index (χ4n) is 3.06. The van der Waals surface area contributed by atoms with Crippen LogP contribution in [-0.2, 0) is 16.1 Å². The molecule has 0 aliphatic carbocycles. The molecule has 9 nitrogen and oxygen atoms in total. The number of carbonyl (C=O) groups excluding carboxylic acids is 1. The van der Waals surface area contributed by atoms with E-state index >= 15 is 0 Å². The molecular weight excluding hydrogens is 440 g/mol. The molecule has 2 heterocycles. The summed E-state index contributed by atoms with van der Waals surface area (Å²) in [5.41, 5.74) is 0.741. The number of carbonyl (C=O) groups is 1. The Morgan fingerprint density at radius 3 is 2.76 bits per heavy atom. The van der Waals surface area contributed by atoms with Crippen molar-refractivity contribution >= 4 is 34.5 Å². The lowest BCUT2D eigenvalue weighted by molar-refractivity contribution is -0.127. The molecule has 2 N–H and O–H groups in total. The number of nitrogens with one attached hydrogen (secondary N) is 2. The van der Waals surface area contributed by atoms with E-state index in [1.165, 1.54) is 0 Å². The molecule has 33 heavy (non-hydrogen) atoms. The Morgan fingerprint density at radius 2 is 2.00 bits per heavy atom. The molecule has 1 aromatic carbocycles. The van der Waals surface area contributed by atoms with Gasteiger partial charge in [0.05, 0.1) is 24.7 Å². The van der Waals surface area contributed by atoms with Crippen molar-refractivity contribution in [2.24, 2.45) is 0 Å². The van der Waals surface area contributed by atoms with Gasteiger partial charge in [-0.3, -0.25) is 4.79 Å². The monoisotopic (exact) mass is 472 g/mol. The first-order valence-corrected chi connectivity index (χ1v) is 12.3. The maximum absolute atomic E-state index is 12.4. The number of nitrogens with zero attached hydrogens (tertiary/aromatic N) is 4. The standard InChI is InChI=1S/C23H32N6O3S/c1-4-15-33-23-27-20(24-12-14-31-5-2)19-16-26-29(21(19)28-23)13-11-25-22(30)17(3)32-18-9-7-6-8-10-18/h6-10,16-17H,4-5,11-15H2,1-3H3,(H,25,30)(H,24,27,28). The van der Waals surface area contributed by atoms with Gasteiger partial charge < -0.3 is 20.1 Å². The minimum absolute atomic E-state index is 0.178. The number of fused-ring (bicyclic) bond motifs is 1. The Labute approximate surface area is 198 Å². The van der Waals surface area contributed by atoms with Gasteiger partial charge in [-0.2, -0.15) is 5.10 Å². The predicted octanol–water partition coefficient (Wildman–Crippen LogP) is 3.36. The maximum atomic E-state index is 12.4. The smallest absolute Gasteiger partial charge is 0.260 e. The van der Waals surface area contributed by atoms with Gasteiger partial charge in [0.25, 0.3) is 5.91 Å². The predicted molar refractivity (Wildman–Crippen MR) is 131 cm³/mol. The quantitative estimate of drug-likeness (QED) is 0.209. The second-order valence-electron chi connectivity index (χ2n) is 7.30. The van der Waals surface area contributed by atoms with Crippen LogP contribution in [0.5, 0.6) is 5.75 Å². The highest BCUT2D eigenvalue weighted by Crippen LogP contribution is 2.24. The van der Waals surface area contributed by atoms with Crippen LogP contribution in [0.15, 0.2) is 41.7 Å². The number of ether oxygens (including phenoxy) is 2. The number of benzene rings is 1. The van der Waals surface area contributed by atoms with E-state index in [1.54, 1.807) is 29.6 Å². The van der Waals surface area contributed by atoms with E-state index in [0.29, 0.717) is 43.8 Å². The fourth-order valence-corrected chi connectivity index (χ4v) is 3.76. The summed E-state index contributed by atoms with van der Waals surface area (Å²) in [5, 5.41) is 12.3. The van der Waals surface area contributed by atoms with Crippen molar-refractivity contribution in [3.8, 4) is 5.75 Å². The van der Waals surface area contributed by atoms with Crippen molar-refractivity contribution in [1.29, 1.82) is 0 Å². The first-order chi connectivity index (χ1) is 16.1. The van der Waals surface area contributed by atoms with Crippen LogP contribution in [0.1, 0.15) is 27.2 Å². The molecule has 1 atom stereocenters. The zero-order chi connectivity index (χ0) is 23.5. The molecule has 2 aromatic heterocycles. The number of hydrogen-bond donors (Lipinski definition) is 2. The lowest BCUT2D eigenvalue weighted by Gasteiger charge is -2.14. The highest BCUT2D eigenvalue weighted by molar-refractivity contribution is 7.99. The third kappa shape index (κ3) is 7.33. The Kier molecular flexibility index (Phi) is 9.77. The summed E-state index contributed by atoms with van der Waals surface area (Å²) >= 11 is 1.62. The van der Waals surface area contributed by atoms with Crippen molar-refractivity contribution in [2.45, 2.75) is 45.0 Å². The molecular formula is C23H32N6O3S. The average molecular weight is 473 g/mol. The van der Waals surface area contributed by atoms with Gasteiger partial charge in [0.15, 0.2) is 16.9 Å². The maximum Gasteiger partial charge on any atom is 0.260 e. The third-order valence-electron chi connectivity index (χ3n) is 4.70. The van der Waals surface area contributed by atoms with E-state index in [4.69, 9.17) is 14.5 Å². The Balaban J connectivity index is 1.63. The number of para-hydroxylation sites is 1. The SMILES string of the molecule is CCCSc1nc(NCCOCC)c2cnn(CCNC(=O)C(C)Oc3ccccc3)c2n1. The van der Waals surface area contributed by atoms with Crippen molar-refractivity contribution in [2.75, 3.05) is 37.4 Å². The van der Waals surface area contributed by atoms with Crippen molar-refractivity contribution in [1.82, 2.24) is 25.1 Å². The molecule has 0 spiro atoms. The van der Waals surface area contributed by atoms with Crippen LogP contribution >= 0.6 is 11.8 Å². The molecule has 3 aromatic rings. The molecule has 0 aliphatic rings. The Hall–Kier alpha value is -2.85. The number of rotatable bonds is 14. The topological polar surface area (TPSA) is 103 Å². The van der Waals surface area contributed by atoms with E-state index < -0.39 is 6.10 Å². The van der Waals surface area contributed by atoms with E-state index in [2.05, 4.69) is 27.6 Å². The number of amides is 1. The fraction of sp³-hybridized carbons (Fsp3) is 0.478. The number of hydrogen-bond acceptors (Lipinski definition) is 8. The molecule has 0 radical (unpaired) electrons. The minimum Gasteiger partial charge on any atom is -0.481 e. The van der Waals surface area contributed by atoms with E-state index in [-0.39, 0.29) is 5.91 Å². The Bertz CT molecular complexity index is 1010. The minimum atomic E-state index is -0.595. The van der Waals surface area contributed by atoms with Crippen LogP contribution in [0.25, 0.3) is 11.0 Å². The summed E-state index contributed by atoms with van der Waals surface area (Å²) < 4.78 is 12.9. The molecule has 1 unspecified atom stereocenters. The van der Waals surface area contributed by atoms with Gasteiger partial charge in [0.1, 0.15) is 11.6 Å². The van der Waals surface area contributed by atoms with Gasteiger partial charge in [-0.1, -0.05) is 36.9 Å². The molecule has 0 fully saturated rings. The number of thioether (sulfide) groups is 1. The third-order valence-corrected chi connectivity index (χ3v) is 5.76. The van der Waals surface area contributed by atoms with Crippen LogP contribution in [-0.4, -0.2) is 63.8 Å². The number of aromatic nitrogens is 4. The molecule has 0 saturated heterocycles. The second-order valence-corrected chi connectivity index (χ2v) is 8.36. The normalized spacial score (nSPS) is 12.0. The van der Waals surface area contributed by atoms with Gasteiger partial charge in [-0.25, -0.2) is 14.6 Å². The van der Waals surface area contributed by atoms with Crippen LogP contribution in [0.2, 0.25) is 0 Å². The summed E-state index contributed by atoms with van der Waals surface area (Å²) in [5.74, 6) is 2.17. The highest BCUT2D eigenvalue weighted by atomic mass is 32.2. The summed E-state index contributed by atoms with van der Waals surface area (Å²) in [6.45, 7) is 8.66. The molecule has 0 bridgehead atoms. The second kappa shape index (κ2) is 13.0. The largest absolute Gasteiger partial charge is 0.481 e. The zero-order valence-electron chi connectivity index (χ0n) is 19.4. The van der Waals surface area contributed by atoms with E-state index in [0.717, 1.165) is 29.0 Å². The summed E-state index contributed by atoms with van der Waals surface area (Å²) in [7, 11) is 0. The van der Waals surface area contributed by atoms with Crippen LogP contribution < -0.4 is 15.4 Å². The highest BCUT2D eigenvalue weighted by Gasteiger charge is 2.16. The molecule has 0 aliphatic heterocycles. The van der Waals surface area contributed by atoms with Gasteiger partial charge in [0, 0.05) is 25.4 Å². The van der Waals surface area contributed by atoms with Crippen LogP contribution in [0.4, 0.5) is 5.82 Å². The first-order valence-electron chi connectivity index (χ1n) is 11.3. The van der Waals surface area contributed by atoms with E-state index in [9.17, 15) is 4.79 Å². The van der Waals surface area contributed by atoms with Crippen molar-refractivity contribution < 1.29 is 14.3 Å². The molecule has 1 amide bonds. The Morgan fingerprint density at radius 1 is 1.18 bits per heavy atom. The molecule has 10 heteroatoms. The van der Waals surface area contributed by atoms with Crippen molar-refractivity contribution in [3.05, 3.63) is 36.5 Å². The van der Waals surface area contributed by atoms with E-state index in [1.807, 2.05) is 37.3 Å². The number of anilines is 1. The molecule has 178 valence electrons.